The Morgan fingerprint density at radius 1 is 1.17 bits per heavy atom. The molecule has 0 aliphatic carbocycles. The molecule has 0 aliphatic rings. The quantitative estimate of drug-likeness (QED) is 0.628. The van der Waals surface area contributed by atoms with Crippen LogP contribution in [-0.2, 0) is 20.5 Å². The molecule has 0 amide bonds. The first-order valence-corrected chi connectivity index (χ1v) is 10.8. The maximum absolute atomic E-state index is 12.7. The number of rotatable bonds is 6. The van der Waals surface area contributed by atoms with Crippen molar-refractivity contribution in [2.24, 2.45) is 5.41 Å². The van der Waals surface area contributed by atoms with E-state index < -0.39 is 16.4 Å². The van der Waals surface area contributed by atoms with Crippen molar-refractivity contribution in [2.75, 3.05) is 14.2 Å². The summed E-state index contributed by atoms with van der Waals surface area (Å²) in [5.41, 5.74) is 1.99. The van der Waals surface area contributed by atoms with Gasteiger partial charge in [-0.1, -0.05) is 30.4 Å². The van der Waals surface area contributed by atoms with Gasteiger partial charge in [-0.05, 0) is 59.2 Å². The lowest BCUT2D eigenvalue weighted by molar-refractivity contribution is -0.148. The Hall–Kier alpha value is -2.05. The highest BCUT2D eigenvalue weighted by atomic mass is 32.2. The van der Waals surface area contributed by atoms with Crippen molar-refractivity contribution in [3.05, 3.63) is 47.7 Å². The Kier molecular flexibility index (Phi) is 7.01. The van der Waals surface area contributed by atoms with Crippen LogP contribution in [0.5, 0.6) is 0 Å². The molecule has 0 spiro atoms. The van der Waals surface area contributed by atoms with Crippen molar-refractivity contribution in [3.8, 4) is 0 Å². The van der Waals surface area contributed by atoms with Crippen molar-refractivity contribution in [3.63, 3.8) is 0 Å². The molecule has 6 heteroatoms. The van der Waals surface area contributed by atoms with Crippen LogP contribution in [0.15, 0.2) is 36.4 Å². The monoisotopic (exact) mass is 416 g/mol. The van der Waals surface area contributed by atoms with E-state index in [1.807, 2.05) is 95.4 Å². The van der Waals surface area contributed by atoms with E-state index in [9.17, 15) is 9.00 Å². The minimum Gasteiger partial charge on any atom is -0.468 e. The van der Waals surface area contributed by atoms with Crippen molar-refractivity contribution in [1.82, 2.24) is 9.29 Å². The summed E-state index contributed by atoms with van der Waals surface area (Å²) >= 11 is 0. The number of pyridine rings is 1. The highest BCUT2D eigenvalue weighted by Gasteiger charge is 2.28. The number of carbonyl (C=O) groups is 1. The lowest BCUT2D eigenvalue weighted by Crippen LogP contribution is -2.36. The van der Waals surface area contributed by atoms with Gasteiger partial charge < -0.3 is 4.74 Å². The first-order chi connectivity index (χ1) is 13.4. The highest BCUT2D eigenvalue weighted by molar-refractivity contribution is 7.84. The maximum atomic E-state index is 12.7. The Bertz CT molecular complexity index is 945. The second-order valence-electron chi connectivity index (χ2n) is 8.82. The van der Waals surface area contributed by atoms with E-state index in [-0.39, 0.29) is 16.8 Å². The average Bonchev–Trinajstić information content (AvgIpc) is 2.68. The average molecular weight is 417 g/mol. The summed E-state index contributed by atoms with van der Waals surface area (Å²) in [7, 11) is 2.13. The van der Waals surface area contributed by atoms with Gasteiger partial charge in [-0.15, -0.1) is 0 Å². The molecule has 0 saturated carbocycles. The second-order valence-corrected chi connectivity index (χ2v) is 11.1. The summed E-state index contributed by atoms with van der Waals surface area (Å²) in [6.07, 6.45) is 3.75. The summed E-state index contributed by atoms with van der Waals surface area (Å²) in [4.78, 5) is 16.7. The summed E-state index contributed by atoms with van der Waals surface area (Å²) in [6, 6.07) is 9.94. The number of carbonyl (C=O) groups excluding carboxylic acids is 1. The van der Waals surface area contributed by atoms with E-state index in [0.29, 0.717) is 0 Å². The fourth-order valence-corrected chi connectivity index (χ4v) is 4.14. The number of aromatic nitrogens is 1. The first-order valence-electron chi connectivity index (χ1n) is 9.70. The molecule has 0 fully saturated rings. The minimum absolute atomic E-state index is 0.0862. The van der Waals surface area contributed by atoms with Gasteiger partial charge in [0, 0.05) is 12.4 Å². The van der Waals surface area contributed by atoms with Gasteiger partial charge in [0.2, 0.25) is 0 Å². The summed E-state index contributed by atoms with van der Waals surface area (Å²) in [6.45, 7) is 11.6. The van der Waals surface area contributed by atoms with Crippen LogP contribution in [0.3, 0.4) is 0 Å². The lowest BCUT2D eigenvalue weighted by Gasteiger charge is -2.30. The van der Waals surface area contributed by atoms with Gasteiger partial charge in [0.15, 0.2) is 0 Å². The van der Waals surface area contributed by atoms with Crippen molar-refractivity contribution in [1.29, 1.82) is 0 Å². The minimum atomic E-state index is -1.13. The van der Waals surface area contributed by atoms with Crippen LogP contribution in [0, 0.1) is 5.41 Å². The van der Waals surface area contributed by atoms with Crippen LogP contribution in [0.4, 0.5) is 0 Å². The SMILES string of the molecule is COC(=O)C(C)(C)C=Cc1ccc2ccc(C(C)N(C)S(=O)C(C)(C)C)nc2c1. The number of methoxy groups -OCH3 is 1. The zero-order valence-electron chi connectivity index (χ0n) is 18.6. The fourth-order valence-electron chi connectivity index (χ4n) is 2.88. The molecular weight excluding hydrogens is 384 g/mol. The standard InChI is InChI=1S/C23H32N2O3S/c1-16(25(7)29(27)22(2,3)4)19-12-11-18-10-9-17(15-20(18)24-19)13-14-23(5,6)21(26)28-8/h9-16H,1-8H3. The Morgan fingerprint density at radius 2 is 1.79 bits per heavy atom. The zero-order valence-corrected chi connectivity index (χ0v) is 19.5. The topological polar surface area (TPSA) is 59.5 Å². The van der Waals surface area contributed by atoms with Crippen molar-refractivity contribution < 1.29 is 13.7 Å². The molecule has 158 valence electrons. The first kappa shape index (κ1) is 23.2. The number of fused-ring (bicyclic) bond motifs is 1. The third kappa shape index (κ3) is 5.52. The van der Waals surface area contributed by atoms with E-state index >= 15 is 0 Å². The van der Waals surface area contributed by atoms with E-state index in [0.717, 1.165) is 22.2 Å². The van der Waals surface area contributed by atoms with E-state index in [1.54, 1.807) is 0 Å². The van der Waals surface area contributed by atoms with Crippen molar-refractivity contribution >= 4 is 33.9 Å². The second kappa shape index (κ2) is 8.76. The third-order valence-electron chi connectivity index (χ3n) is 4.90. The molecular formula is C23H32N2O3S. The van der Waals surface area contributed by atoms with E-state index in [4.69, 9.17) is 9.72 Å². The molecule has 0 saturated heterocycles. The van der Waals surface area contributed by atoms with Crippen LogP contribution < -0.4 is 0 Å². The van der Waals surface area contributed by atoms with Gasteiger partial charge in [0.1, 0.15) is 11.0 Å². The van der Waals surface area contributed by atoms with Gasteiger partial charge in [0.25, 0.3) is 0 Å². The van der Waals surface area contributed by atoms with E-state index in [2.05, 4.69) is 0 Å². The molecule has 0 radical (unpaired) electrons. The molecule has 2 unspecified atom stereocenters. The van der Waals surface area contributed by atoms with Gasteiger partial charge in [-0.2, -0.15) is 0 Å². The predicted octanol–water partition coefficient (Wildman–Crippen LogP) is 4.90. The lowest BCUT2D eigenvalue weighted by atomic mass is 9.92. The third-order valence-corrected chi connectivity index (χ3v) is 6.79. The number of benzene rings is 1. The van der Waals surface area contributed by atoms with Crippen LogP contribution in [0.2, 0.25) is 0 Å². The molecule has 0 bridgehead atoms. The van der Waals surface area contributed by atoms with Crippen LogP contribution in [0.1, 0.15) is 58.8 Å². The van der Waals surface area contributed by atoms with Crippen LogP contribution in [0.25, 0.3) is 17.0 Å². The summed E-state index contributed by atoms with van der Waals surface area (Å²) in [5, 5.41) is 1.03. The highest BCUT2D eigenvalue weighted by Crippen LogP contribution is 2.27. The molecule has 0 N–H and O–H groups in total. The summed E-state index contributed by atoms with van der Waals surface area (Å²) < 4.78 is 19.1. The number of esters is 1. The molecule has 0 aliphatic heterocycles. The molecule has 5 nitrogen and oxygen atoms in total. The maximum Gasteiger partial charge on any atom is 0.315 e. The molecule has 1 aromatic carbocycles. The van der Waals surface area contributed by atoms with Crippen LogP contribution >= 0.6 is 0 Å². The Morgan fingerprint density at radius 3 is 2.38 bits per heavy atom. The zero-order chi connectivity index (χ0) is 22.0. The Balaban J connectivity index is 2.34. The fraction of sp³-hybridized carbons (Fsp3) is 0.478. The van der Waals surface area contributed by atoms with Gasteiger partial charge >= 0.3 is 5.97 Å². The number of ether oxygens (including phenoxy) is 1. The number of hydrogen-bond acceptors (Lipinski definition) is 4. The van der Waals surface area contributed by atoms with Gasteiger partial charge in [-0.3, -0.25) is 9.78 Å². The number of hydrogen-bond donors (Lipinski definition) is 0. The Labute approximate surface area is 176 Å². The molecule has 29 heavy (non-hydrogen) atoms. The largest absolute Gasteiger partial charge is 0.468 e. The van der Waals surface area contributed by atoms with Gasteiger partial charge in [0.05, 0.1) is 34.5 Å². The normalized spacial score (nSPS) is 15.1. The molecule has 2 rings (SSSR count). The smallest absolute Gasteiger partial charge is 0.315 e. The molecule has 1 aromatic heterocycles. The predicted molar refractivity (Wildman–Crippen MR) is 121 cm³/mol. The molecule has 1 heterocycles. The summed E-state index contributed by atoms with van der Waals surface area (Å²) in [5.74, 6) is -0.279. The number of nitrogens with zero attached hydrogens (tertiary/aromatic N) is 2. The molecule has 2 atom stereocenters. The van der Waals surface area contributed by atoms with Crippen LogP contribution in [-0.4, -0.2) is 38.4 Å². The van der Waals surface area contributed by atoms with E-state index in [1.165, 1.54) is 7.11 Å². The molecule has 2 aromatic rings. The van der Waals surface area contributed by atoms with Gasteiger partial charge in [-0.25, -0.2) is 8.51 Å². The van der Waals surface area contributed by atoms with Crippen molar-refractivity contribution in [2.45, 2.75) is 52.3 Å².